The maximum Gasteiger partial charge on any atom is 0.0840 e. The van der Waals surface area contributed by atoms with E-state index in [4.69, 9.17) is 28.4 Å². The number of hydrogen-bond acceptors (Lipinski definition) is 6. The molecule has 1 saturated heterocycles. The highest BCUT2D eigenvalue weighted by molar-refractivity contribution is 4.87. The van der Waals surface area contributed by atoms with Gasteiger partial charge in [0, 0.05) is 0 Å². The molecular weight excluding hydrogens is 384 g/mol. The maximum absolute atomic E-state index is 6.25. The average molecular weight is 429 g/mol. The van der Waals surface area contributed by atoms with Gasteiger partial charge < -0.3 is 28.4 Å². The molecule has 0 spiro atoms. The molecule has 6 heteroatoms. The van der Waals surface area contributed by atoms with Gasteiger partial charge in [0.15, 0.2) is 0 Å². The molecule has 5 atom stereocenters. The third-order valence-electron chi connectivity index (χ3n) is 6.84. The smallest absolute Gasteiger partial charge is 0.0840 e. The molecule has 0 unspecified atom stereocenters. The topological polar surface area (TPSA) is 55.4 Å². The molecule has 2 saturated carbocycles. The van der Waals surface area contributed by atoms with Gasteiger partial charge in [0.2, 0.25) is 0 Å². The van der Waals surface area contributed by atoms with Gasteiger partial charge in [-0.2, -0.15) is 0 Å². The van der Waals surface area contributed by atoms with Crippen molar-refractivity contribution in [2.45, 2.75) is 90.1 Å². The van der Waals surface area contributed by atoms with Crippen LogP contribution in [0.5, 0.6) is 0 Å². The first-order valence-electron chi connectivity index (χ1n) is 12.2. The summed E-state index contributed by atoms with van der Waals surface area (Å²) in [5.74, 6) is 0.659. The van der Waals surface area contributed by atoms with Gasteiger partial charge in [-0.25, -0.2) is 0 Å². The van der Waals surface area contributed by atoms with Gasteiger partial charge in [-0.3, -0.25) is 0 Å². The minimum absolute atomic E-state index is 0.132. The molecule has 1 aliphatic heterocycles. The Labute approximate surface area is 183 Å². The molecule has 0 aromatic heterocycles. The van der Waals surface area contributed by atoms with Crippen LogP contribution in [0.3, 0.4) is 0 Å². The monoisotopic (exact) mass is 428 g/mol. The van der Waals surface area contributed by atoms with Crippen LogP contribution < -0.4 is 0 Å². The summed E-state index contributed by atoms with van der Waals surface area (Å²) in [4.78, 5) is 0. The lowest BCUT2D eigenvalue weighted by Crippen LogP contribution is -2.42. The summed E-state index contributed by atoms with van der Waals surface area (Å²) in [6, 6.07) is 0. The lowest BCUT2D eigenvalue weighted by Gasteiger charge is -2.41. The molecule has 3 fully saturated rings. The maximum atomic E-state index is 6.25. The molecule has 2 aliphatic carbocycles. The Morgan fingerprint density at radius 3 is 1.40 bits per heavy atom. The van der Waals surface area contributed by atoms with E-state index in [0.29, 0.717) is 64.2 Å². The van der Waals surface area contributed by atoms with Crippen molar-refractivity contribution in [3.63, 3.8) is 0 Å². The Morgan fingerprint density at radius 1 is 0.500 bits per heavy atom. The van der Waals surface area contributed by atoms with Crippen molar-refractivity contribution >= 4 is 0 Å². The minimum Gasteiger partial charge on any atom is -0.377 e. The van der Waals surface area contributed by atoms with E-state index in [9.17, 15) is 0 Å². The quantitative estimate of drug-likeness (QED) is 0.581. The van der Waals surface area contributed by atoms with Crippen molar-refractivity contribution in [3.05, 3.63) is 0 Å². The van der Waals surface area contributed by atoms with Crippen LogP contribution in [0.1, 0.15) is 65.7 Å². The summed E-state index contributed by atoms with van der Waals surface area (Å²) < 4.78 is 36.1. The van der Waals surface area contributed by atoms with E-state index >= 15 is 0 Å². The van der Waals surface area contributed by atoms with Crippen LogP contribution in [0.15, 0.2) is 0 Å². The molecule has 6 nitrogen and oxygen atoms in total. The van der Waals surface area contributed by atoms with Gasteiger partial charge >= 0.3 is 0 Å². The van der Waals surface area contributed by atoms with E-state index in [2.05, 4.69) is 20.8 Å². The molecule has 0 bridgehead atoms. The fourth-order valence-corrected chi connectivity index (χ4v) is 4.94. The van der Waals surface area contributed by atoms with Crippen LogP contribution in [0.2, 0.25) is 0 Å². The second-order valence-electron chi connectivity index (χ2n) is 10.0. The van der Waals surface area contributed by atoms with Crippen molar-refractivity contribution in [2.75, 3.05) is 52.9 Å². The first-order valence-corrected chi connectivity index (χ1v) is 12.2. The van der Waals surface area contributed by atoms with Gasteiger partial charge in [0.25, 0.3) is 0 Å². The highest BCUT2D eigenvalue weighted by atomic mass is 16.6. The van der Waals surface area contributed by atoms with Crippen LogP contribution in [0, 0.1) is 11.3 Å². The summed E-state index contributed by atoms with van der Waals surface area (Å²) in [6.07, 6.45) is 8.50. The molecule has 0 aromatic rings. The van der Waals surface area contributed by atoms with Crippen molar-refractivity contribution in [2.24, 2.45) is 11.3 Å². The summed E-state index contributed by atoms with van der Waals surface area (Å²) >= 11 is 0. The van der Waals surface area contributed by atoms with Crippen LogP contribution in [0.25, 0.3) is 0 Å². The molecule has 0 amide bonds. The van der Waals surface area contributed by atoms with Crippen LogP contribution in [-0.4, -0.2) is 77.3 Å². The zero-order valence-corrected chi connectivity index (χ0v) is 19.4. The first-order chi connectivity index (χ1) is 14.5. The summed E-state index contributed by atoms with van der Waals surface area (Å²) in [7, 11) is 0. The minimum atomic E-state index is 0.132. The second kappa shape index (κ2) is 12.7. The van der Waals surface area contributed by atoms with E-state index in [0.717, 1.165) is 25.7 Å². The Morgan fingerprint density at radius 2 is 0.933 bits per heavy atom. The van der Waals surface area contributed by atoms with Gasteiger partial charge in [0.05, 0.1) is 77.3 Å². The van der Waals surface area contributed by atoms with Crippen molar-refractivity contribution in [1.82, 2.24) is 0 Å². The standard InChI is InChI=1S/C24H44O6/c1-24(2,3)19-8-9-22-23(18-19)30-17-13-26-11-15-28-21-7-5-4-6-20(21)27-14-10-25-12-16-29-22/h19-23H,4-18H2,1-3H3/t19-,20-,21+,22+,23+/m0/s1. The normalized spacial score (nSPS) is 36.7. The fourth-order valence-electron chi connectivity index (χ4n) is 4.94. The lowest BCUT2D eigenvalue weighted by molar-refractivity contribution is -0.137. The Bertz CT molecular complexity index is 465. The number of hydrogen-bond donors (Lipinski definition) is 0. The predicted molar refractivity (Wildman–Crippen MR) is 116 cm³/mol. The number of fused-ring (bicyclic) bond motifs is 2. The van der Waals surface area contributed by atoms with E-state index in [1.54, 1.807) is 0 Å². The van der Waals surface area contributed by atoms with Gasteiger partial charge in [-0.1, -0.05) is 33.6 Å². The SMILES string of the molecule is CC(C)(C)[C@H]1CC[C@H]2OCCOCCO[C@H]3CCCC[C@H]3OCCOCCO[C@@H]2C1. The molecular formula is C24H44O6. The lowest BCUT2D eigenvalue weighted by atomic mass is 9.71. The van der Waals surface area contributed by atoms with Gasteiger partial charge in [-0.15, -0.1) is 0 Å². The van der Waals surface area contributed by atoms with Crippen LogP contribution in [0.4, 0.5) is 0 Å². The zero-order valence-electron chi connectivity index (χ0n) is 19.4. The molecule has 3 rings (SSSR count). The molecule has 30 heavy (non-hydrogen) atoms. The fraction of sp³-hybridized carbons (Fsp3) is 1.00. The Balaban J connectivity index is 1.49. The molecule has 3 aliphatic rings. The summed E-state index contributed by atoms with van der Waals surface area (Å²) in [5.41, 5.74) is 0.300. The Hall–Kier alpha value is -0.240. The van der Waals surface area contributed by atoms with E-state index in [1.807, 2.05) is 0 Å². The van der Waals surface area contributed by atoms with Crippen molar-refractivity contribution in [3.8, 4) is 0 Å². The number of rotatable bonds is 0. The molecule has 0 aromatic carbocycles. The first kappa shape index (κ1) is 24.4. The third kappa shape index (κ3) is 8.03. The van der Waals surface area contributed by atoms with Crippen LogP contribution >= 0.6 is 0 Å². The molecule has 1 heterocycles. The van der Waals surface area contributed by atoms with E-state index < -0.39 is 0 Å². The second-order valence-corrected chi connectivity index (χ2v) is 10.0. The predicted octanol–water partition coefficient (Wildman–Crippen LogP) is 3.99. The third-order valence-corrected chi connectivity index (χ3v) is 6.84. The Kier molecular flexibility index (Phi) is 10.3. The van der Waals surface area contributed by atoms with Crippen molar-refractivity contribution < 1.29 is 28.4 Å². The molecule has 0 N–H and O–H groups in total. The van der Waals surface area contributed by atoms with E-state index in [1.165, 1.54) is 19.3 Å². The largest absolute Gasteiger partial charge is 0.377 e. The summed E-state index contributed by atoms with van der Waals surface area (Å²) in [5, 5.41) is 0. The molecule has 176 valence electrons. The number of ether oxygens (including phenoxy) is 6. The molecule has 0 radical (unpaired) electrons. The van der Waals surface area contributed by atoms with E-state index in [-0.39, 0.29) is 24.4 Å². The van der Waals surface area contributed by atoms with Crippen LogP contribution in [-0.2, 0) is 28.4 Å². The zero-order chi connectivity index (χ0) is 21.2. The summed E-state index contributed by atoms with van der Waals surface area (Å²) in [6.45, 7) is 11.8. The highest BCUT2D eigenvalue weighted by Gasteiger charge is 2.37. The van der Waals surface area contributed by atoms with Crippen molar-refractivity contribution in [1.29, 1.82) is 0 Å². The highest BCUT2D eigenvalue weighted by Crippen LogP contribution is 2.39. The van der Waals surface area contributed by atoms with Gasteiger partial charge in [0.1, 0.15) is 0 Å². The van der Waals surface area contributed by atoms with Gasteiger partial charge in [-0.05, 0) is 43.4 Å². The average Bonchev–Trinajstić information content (AvgIpc) is 2.72.